The molecule has 5 heteroatoms. The fourth-order valence-corrected chi connectivity index (χ4v) is 3.36. The molecule has 21 heavy (non-hydrogen) atoms. The molecule has 1 unspecified atom stereocenters. The predicted octanol–water partition coefficient (Wildman–Crippen LogP) is 5.44. The molecule has 1 aromatic carbocycles. The average Bonchev–Trinajstić information content (AvgIpc) is 2.95. The SMILES string of the molecule is CC1CCC/C(=N/Nc2nc(-c3ccc(Cl)cc3)cs2)C1. The van der Waals surface area contributed by atoms with Gasteiger partial charge in [0.2, 0.25) is 5.13 Å². The fraction of sp³-hybridized carbons (Fsp3) is 0.375. The van der Waals surface area contributed by atoms with E-state index in [9.17, 15) is 0 Å². The van der Waals surface area contributed by atoms with E-state index in [4.69, 9.17) is 11.6 Å². The molecule has 0 saturated heterocycles. The Labute approximate surface area is 134 Å². The first-order valence-electron chi connectivity index (χ1n) is 7.23. The van der Waals surface area contributed by atoms with Gasteiger partial charge in [0, 0.05) is 21.7 Å². The molecule has 1 atom stereocenters. The van der Waals surface area contributed by atoms with Crippen molar-refractivity contribution in [3.8, 4) is 11.3 Å². The molecule has 1 aromatic heterocycles. The maximum absolute atomic E-state index is 5.90. The van der Waals surface area contributed by atoms with Gasteiger partial charge in [-0.1, -0.05) is 30.7 Å². The smallest absolute Gasteiger partial charge is 0.203 e. The molecule has 1 N–H and O–H groups in total. The van der Waals surface area contributed by atoms with Crippen LogP contribution in [0.5, 0.6) is 0 Å². The number of hydrazone groups is 1. The first-order chi connectivity index (χ1) is 10.2. The summed E-state index contributed by atoms with van der Waals surface area (Å²) in [6.07, 6.45) is 4.77. The molecule has 3 nitrogen and oxygen atoms in total. The molecule has 3 rings (SSSR count). The summed E-state index contributed by atoms with van der Waals surface area (Å²) in [6.45, 7) is 2.29. The van der Waals surface area contributed by atoms with Crippen LogP contribution in [0, 0.1) is 5.92 Å². The molecule has 0 radical (unpaired) electrons. The number of benzene rings is 1. The van der Waals surface area contributed by atoms with Crippen molar-refractivity contribution in [2.45, 2.75) is 32.6 Å². The largest absolute Gasteiger partial charge is 0.253 e. The molecule has 1 fully saturated rings. The molecule has 1 heterocycles. The van der Waals surface area contributed by atoms with Crippen molar-refractivity contribution in [2.24, 2.45) is 11.0 Å². The van der Waals surface area contributed by atoms with Crippen LogP contribution in [-0.2, 0) is 0 Å². The van der Waals surface area contributed by atoms with Crippen molar-refractivity contribution in [3.05, 3.63) is 34.7 Å². The minimum absolute atomic E-state index is 0.741. The summed E-state index contributed by atoms with van der Waals surface area (Å²) in [4.78, 5) is 4.57. The monoisotopic (exact) mass is 319 g/mol. The highest BCUT2D eigenvalue weighted by Crippen LogP contribution is 2.26. The lowest BCUT2D eigenvalue weighted by Gasteiger charge is -2.18. The van der Waals surface area contributed by atoms with Gasteiger partial charge in [0.15, 0.2) is 0 Å². The van der Waals surface area contributed by atoms with Gasteiger partial charge in [-0.25, -0.2) is 4.98 Å². The summed E-state index contributed by atoms with van der Waals surface area (Å²) in [5.74, 6) is 0.750. The Morgan fingerprint density at radius 3 is 2.90 bits per heavy atom. The van der Waals surface area contributed by atoms with E-state index in [1.54, 1.807) is 11.3 Å². The van der Waals surface area contributed by atoms with Gasteiger partial charge in [0.05, 0.1) is 5.69 Å². The number of thiazole rings is 1. The zero-order valence-electron chi connectivity index (χ0n) is 12.0. The molecular formula is C16H18ClN3S. The van der Waals surface area contributed by atoms with Gasteiger partial charge >= 0.3 is 0 Å². The van der Waals surface area contributed by atoms with E-state index in [0.717, 1.165) is 40.2 Å². The number of anilines is 1. The third kappa shape index (κ3) is 3.83. The zero-order valence-corrected chi connectivity index (χ0v) is 13.5. The van der Waals surface area contributed by atoms with Crippen LogP contribution in [0.3, 0.4) is 0 Å². The minimum atomic E-state index is 0.741. The second-order valence-electron chi connectivity index (χ2n) is 5.54. The Hall–Kier alpha value is -1.39. The van der Waals surface area contributed by atoms with Crippen LogP contribution < -0.4 is 5.43 Å². The fourth-order valence-electron chi connectivity index (χ4n) is 2.57. The lowest BCUT2D eigenvalue weighted by molar-refractivity contribution is 0.500. The second-order valence-corrected chi connectivity index (χ2v) is 6.83. The van der Waals surface area contributed by atoms with E-state index in [2.05, 4.69) is 22.4 Å². The summed E-state index contributed by atoms with van der Waals surface area (Å²) in [7, 11) is 0. The summed E-state index contributed by atoms with van der Waals surface area (Å²) >= 11 is 7.48. The van der Waals surface area contributed by atoms with Gasteiger partial charge in [0.1, 0.15) is 0 Å². The summed E-state index contributed by atoms with van der Waals surface area (Å²) < 4.78 is 0. The first-order valence-corrected chi connectivity index (χ1v) is 8.49. The highest BCUT2D eigenvalue weighted by atomic mass is 35.5. The van der Waals surface area contributed by atoms with Crippen LogP contribution in [0.15, 0.2) is 34.7 Å². The van der Waals surface area contributed by atoms with Crippen LogP contribution in [0.25, 0.3) is 11.3 Å². The van der Waals surface area contributed by atoms with Crippen molar-refractivity contribution in [3.63, 3.8) is 0 Å². The van der Waals surface area contributed by atoms with Gasteiger partial charge in [0.25, 0.3) is 0 Å². The molecular weight excluding hydrogens is 302 g/mol. The summed E-state index contributed by atoms with van der Waals surface area (Å²) in [5.41, 5.74) is 6.39. The second kappa shape index (κ2) is 6.58. The Kier molecular flexibility index (Phi) is 4.56. The molecule has 0 bridgehead atoms. The summed E-state index contributed by atoms with van der Waals surface area (Å²) in [6, 6.07) is 7.73. The molecule has 1 aliphatic carbocycles. The van der Waals surface area contributed by atoms with Crippen molar-refractivity contribution in [1.82, 2.24) is 4.98 Å². The normalized spacial score (nSPS) is 20.7. The predicted molar refractivity (Wildman–Crippen MR) is 91.2 cm³/mol. The highest BCUT2D eigenvalue weighted by Gasteiger charge is 2.14. The van der Waals surface area contributed by atoms with E-state index in [1.807, 2.05) is 29.6 Å². The molecule has 0 amide bonds. The Morgan fingerprint density at radius 1 is 1.33 bits per heavy atom. The number of hydrogen-bond acceptors (Lipinski definition) is 4. The maximum Gasteiger partial charge on any atom is 0.203 e. The standard InChI is InChI=1S/C16H18ClN3S/c1-11-3-2-4-14(9-11)19-20-16-18-15(10-21-16)12-5-7-13(17)8-6-12/h5-8,10-11H,2-4,9H2,1H3,(H,18,20)/b19-14-. The molecule has 2 aromatic rings. The third-order valence-corrected chi connectivity index (χ3v) is 4.70. The number of nitrogens with zero attached hydrogens (tertiary/aromatic N) is 2. The first kappa shape index (κ1) is 14.5. The number of aromatic nitrogens is 1. The van der Waals surface area contributed by atoms with Crippen LogP contribution in [0.4, 0.5) is 5.13 Å². The Balaban J connectivity index is 1.67. The molecule has 1 aliphatic rings. The third-order valence-electron chi connectivity index (χ3n) is 3.70. The van der Waals surface area contributed by atoms with Crippen molar-refractivity contribution < 1.29 is 0 Å². The lowest BCUT2D eigenvalue weighted by Crippen LogP contribution is -2.13. The van der Waals surface area contributed by atoms with Gasteiger partial charge in [-0.3, -0.25) is 5.43 Å². The minimum Gasteiger partial charge on any atom is -0.253 e. The molecule has 0 aliphatic heterocycles. The van der Waals surface area contributed by atoms with Crippen LogP contribution >= 0.6 is 22.9 Å². The van der Waals surface area contributed by atoms with Gasteiger partial charge in [-0.15, -0.1) is 11.3 Å². The van der Waals surface area contributed by atoms with Crippen molar-refractivity contribution >= 4 is 33.8 Å². The van der Waals surface area contributed by atoms with E-state index in [0.29, 0.717) is 0 Å². The lowest BCUT2D eigenvalue weighted by atomic mass is 9.89. The van der Waals surface area contributed by atoms with E-state index >= 15 is 0 Å². The van der Waals surface area contributed by atoms with Gasteiger partial charge in [-0.2, -0.15) is 5.10 Å². The van der Waals surface area contributed by atoms with Crippen molar-refractivity contribution in [2.75, 3.05) is 5.43 Å². The number of rotatable bonds is 3. The number of hydrogen-bond donors (Lipinski definition) is 1. The summed E-state index contributed by atoms with van der Waals surface area (Å²) in [5, 5.41) is 8.13. The molecule has 110 valence electrons. The topological polar surface area (TPSA) is 37.3 Å². The molecule has 0 spiro atoms. The maximum atomic E-state index is 5.90. The van der Waals surface area contributed by atoms with Crippen LogP contribution in [0.2, 0.25) is 5.02 Å². The van der Waals surface area contributed by atoms with Crippen LogP contribution in [0.1, 0.15) is 32.6 Å². The van der Waals surface area contributed by atoms with Crippen LogP contribution in [-0.4, -0.2) is 10.7 Å². The molecule has 1 saturated carbocycles. The van der Waals surface area contributed by atoms with E-state index < -0.39 is 0 Å². The average molecular weight is 320 g/mol. The number of nitrogens with one attached hydrogen (secondary N) is 1. The van der Waals surface area contributed by atoms with E-state index in [-0.39, 0.29) is 0 Å². The Bertz CT molecular complexity index is 633. The highest BCUT2D eigenvalue weighted by molar-refractivity contribution is 7.14. The zero-order chi connectivity index (χ0) is 14.7. The van der Waals surface area contributed by atoms with Gasteiger partial charge in [-0.05, 0) is 43.7 Å². The van der Waals surface area contributed by atoms with E-state index in [1.165, 1.54) is 18.6 Å². The number of halogens is 1. The van der Waals surface area contributed by atoms with Gasteiger partial charge < -0.3 is 0 Å². The quantitative estimate of drug-likeness (QED) is 0.765. The van der Waals surface area contributed by atoms with Crippen molar-refractivity contribution in [1.29, 1.82) is 0 Å². The Morgan fingerprint density at radius 2 is 2.14 bits per heavy atom.